The van der Waals surface area contributed by atoms with Gasteiger partial charge in [0.25, 0.3) is 0 Å². The normalized spacial score (nSPS) is 11.2. The molecule has 0 aliphatic carbocycles. The van der Waals surface area contributed by atoms with Gasteiger partial charge in [0.2, 0.25) is 0 Å². The van der Waals surface area contributed by atoms with Gasteiger partial charge in [-0.05, 0) is 35.0 Å². The molecule has 5 aromatic rings. The average Bonchev–Trinajstić information content (AvgIpc) is 3.14. The maximum atomic E-state index is 12.1. The molecule has 0 aliphatic heterocycles. The van der Waals surface area contributed by atoms with Crippen molar-refractivity contribution in [3.8, 4) is 11.5 Å². The first-order chi connectivity index (χ1) is 13.8. The highest BCUT2D eigenvalue weighted by Crippen LogP contribution is 2.40. The third-order valence-corrected chi connectivity index (χ3v) is 4.84. The van der Waals surface area contributed by atoms with Crippen LogP contribution in [0.4, 0.5) is 0 Å². The van der Waals surface area contributed by atoms with Crippen LogP contribution in [0.2, 0.25) is 0 Å². The van der Waals surface area contributed by atoms with E-state index in [0.29, 0.717) is 11.5 Å². The van der Waals surface area contributed by atoms with E-state index in [-0.39, 0.29) is 5.69 Å². The summed E-state index contributed by atoms with van der Waals surface area (Å²) >= 11 is 0. The van der Waals surface area contributed by atoms with Crippen molar-refractivity contribution < 1.29 is 14.3 Å². The molecule has 0 bridgehead atoms. The highest BCUT2D eigenvalue weighted by Gasteiger charge is 2.18. The van der Waals surface area contributed by atoms with Crippen LogP contribution in [-0.2, 0) is 4.74 Å². The van der Waals surface area contributed by atoms with E-state index in [2.05, 4.69) is 22.1 Å². The smallest absolute Gasteiger partial charge is 0.360 e. The van der Waals surface area contributed by atoms with Gasteiger partial charge in [-0.3, -0.25) is 0 Å². The molecule has 2 aromatic heterocycles. The van der Waals surface area contributed by atoms with Crippen molar-refractivity contribution in [3.63, 3.8) is 0 Å². The average molecular weight is 368 g/mol. The first kappa shape index (κ1) is 16.3. The molecule has 1 N–H and O–H groups in total. The van der Waals surface area contributed by atoms with E-state index >= 15 is 0 Å². The van der Waals surface area contributed by atoms with Gasteiger partial charge in [-0.25, -0.2) is 9.78 Å². The Kier molecular flexibility index (Phi) is 3.72. The van der Waals surface area contributed by atoms with Crippen LogP contribution in [0, 0.1) is 0 Å². The summed E-state index contributed by atoms with van der Waals surface area (Å²) in [7, 11) is 1.33. The van der Waals surface area contributed by atoms with Gasteiger partial charge in [-0.2, -0.15) is 0 Å². The number of H-pyrrole nitrogens is 1. The molecule has 28 heavy (non-hydrogen) atoms. The molecule has 5 nitrogen and oxygen atoms in total. The van der Waals surface area contributed by atoms with Crippen LogP contribution in [0.1, 0.15) is 10.5 Å². The second-order valence-corrected chi connectivity index (χ2v) is 6.46. The fourth-order valence-corrected chi connectivity index (χ4v) is 3.59. The lowest BCUT2D eigenvalue weighted by molar-refractivity contribution is 0.0591. The summed E-state index contributed by atoms with van der Waals surface area (Å²) in [6.45, 7) is 0. The topological polar surface area (TPSA) is 64.2 Å². The third kappa shape index (κ3) is 2.48. The number of aromatic nitrogens is 2. The number of hydrogen-bond acceptors (Lipinski definition) is 4. The van der Waals surface area contributed by atoms with Crippen molar-refractivity contribution in [2.45, 2.75) is 0 Å². The summed E-state index contributed by atoms with van der Waals surface area (Å²) in [6, 6.07) is 21.7. The largest absolute Gasteiger partial charge is 0.464 e. The van der Waals surface area contributed by atoms with Crippen LogP contribution in [0.3, 0.4) is 0 Å². The van der Waals surface area contributed by atoms with Crippen molar-refractivity contribution in [1.82, 2.24) is 9.97 Å². The molecule has 0 saturated carbocycles. The molecule has 0 aliphatic rings. The molecule has 0 unspecified atom stereocenters. The summed E-state index contributed by atoms with van der Waals surface area (Å²) < 4.78 is 11.0. The Labute approximate surface area is 160 Å². The molecular weight excluding hydrogens is 352 g/mol. The van der Waals surface area contributed by atoms with E-state index in [0.717, 1.165) is 32.6 Å². The zero-order chi connectivity index (χ0) is 19.1. The highest BCUT2D eigenvalue weighted by molar-refractivity contribution is 6.22. The standard InChI is InChI=1S/C23H16N2O3/c1-27-23(26)22-18(11-6-12-24-22)28-19-13-14-7-2-3-8-15(14)20-16-9-4-5-10-17(16)25-21(19)20/h2-13,25H,1H3. The fraction of sp³-hybridized carbons (Fsp3) is 0.0435. The van der Waals surface area contributed by atoms with Gasteiger partial charge >= 0.3 is 5.97 Å². The van der Waals surface area contributed by atoms with Gasteiger partial charge in [0.05, 0.1) is 12.6 Å². The Hall–Kier alpha value is -3.86. The van der Waals surface area contributed by atoms with Gasteiger partial charge in [0, 0.05) is 22.5 Å². The second-order valence-electron chi connectivity index (χ2n) is 6.46. The molecule has 0 spiro atoms. The van der Waals surface area contributed by atoms with E-state index in [9.17, 15) is 4.79 Å². The van der Waals surface area contributed by atoms with Crippen LogP contribution >= 0.6 is 0 Å². The number of nitrogens with one attached hydrogen (secondary N) is 1. The molecule has 0 atom stereocenters. The van der Waals surface area contributed by atoms with Gasteiger partial charge < -0.3 is 14.5 Å². The van der Waals surface area contributed by atoms with Gasteiger partial charge in [-0.15, -0.1) is 0 Å². The summed E-state index contributed by atoms with van der Waals surface area (Å²) in [5.41, 5.74) is 2.04. The molecule has 5 heteroatoms. The second kappa shape index (κ2) is 6.39. The number of rotatable bonds is 3. The number of carbonyl (C=O) groups excluding carboxylic acids is 1. The Morgan fingerprint density at radius 3 is 2.57 bits per heavy atom. The quantitative estimate of drug-likeness (QED) is 0.430. The zero-order valence-electron chi connectivity index (χ0n) is 15.1. The number of esters is 1. The minimum atomic E-state index is -0.538. The number of fused-ring (bicyclic) bond motifs is 5. The van der Waals surface area contributed by atoms with Crippen LogP contribution < -0.4 is 4.74 Å². The molecule has 2 heterocycles. The van der Waals surface area contributed by atoms with Gasteiger partial charge in [0.1, 0.15) is 0 Å². The van der Waals surface area contributed by atoms with Crippen molar-refractivity contribution >= 4 is 38.5 Å². The third-order valence-electron chi connectivity index (χ3n) is 4.84. The Morgan fingerprint density at radius 1 is 0.929 bits per heavy atom. The van der Waals surface area contributed by atoms with Gasteiger partial charge in [-0.1, -0.05) is 42.5 Å². The van der Waals surface area contributed by atoms with Crippen LogP contribution in [0.5, 0.6) is 11.5 Å². The van der Waals surface area contributed by atoms with E-state index in [1.807, 2.05) is 42.5 Å². The highest BCUT2D eigenvalue weighted by atomic mass is 16.5. The summed E-state index contributed by atoms with van der Waals surface area (Å²) in [4.78, 5) is 19.6. The van der Waals surface area contributed by atoms with Crippen molar-refractivity contribution in [3.05, 3.63) is 78.6 Å². The molecular formula is C23H16N2O3. The minimum absolute atomic E-state index is 0.141. The number of benzene rings is 3. The number of para-hydroxylation sites is 1. The van der Waals surface area contributed by atoms with E-state index in [1.165, 1.54) is 13.3 Å². The Balaban J connectivity index is 1.80. The van der Waals surface area contributed by atoms with Crippen LogP contribution in [0.15, 0.2) is 72.9 Å². The molecule has 0 fully saturated rings. The summed E-state index contributed by atoms with van der Waals surface area (Å²) in [6.07, 6.45) is 1.54. The number of methoxy groups -OCH3 is 1. The fourth-order valence-electron chi connectivity index (χ4n) is 3.59. The van der Waals surface area contributed by atoms with E-state index < -0.39 is 5.97 Å². The SMILES string of the molecule is COC(=O)c1ncccc1Oc1cc2ccccc2c2c1[nH]c1ccccc12. The predicted molar refractivity (Wildman–Crippen MR) is 109 cm³/mol. The predicted octanol–water partition coefficient (Wildman–Crippen LogP) is 5.45. The Bertz CT molecular complexity index is 1350. The van der Waals surface area contributed by atoms with Crippen molar-refractivity contribution in [1.29, 1.82) is 0 Å². The number of hydrogen-bond donors (Lipinski definition) is 1. The van der Waals surface area contributed by atoms with Crippen molar-refractivity contribution in [2.24, 2.45) is 0 Å². The van der Waals surface area contributed by atoms with E-state index in [4.69, 9.17) is 9.47 Å². The monoisotopic (exact) mass is 368 g/mol. The summed E-state index contributed by atoms with van der Waals surface area (Å²) in [5, 5.41) is 4.41. The van der Waals surface area contributed by atoms with Crippen LogP contribution in [-0.4, -0.2) is 23.0 Å². The first-order valence-electron chi connectivity index (χ1n) is 8.89. The molecule has 0 amide bonds. The lowest BCUT2D eigenvalue weighted by atomic mass is 10.0. The minimum Gasteiger partial charge on any atom is -0.464 e. The number of pyridine rings is 1. The maximum absolute atomic E-state index is 12.1. The van der Waals surface area contributed by atoms with E-state index in [1.54, 1.807) is 12.1 Å². The number of nitrogens with zero attached hydrogens (tertiary/aromatic N) is 1. The first-order valence-corrected chi connectivity index (χ1v) is 8.89. The van der Waals surface area contributed by atoms with Crippen LogP contribution in [0.25, 0.3) is 32.6 Å². The lowest BCUT2D eigenvalue weighted by Crippen LogP contribution is -2.06. The molecule has 0 radical (unpaired) electrons. The maximum Gasteiger partial charge on any atom is 0.360 e. The zero-order valence-corrected chi connectivity index (χ0v) is 15.1. The molecule has 136 valence electrons. The number of carbonyl (C=O) groups is 1. The lowest BCUT2D eigenvalue weighted by Gasteiger charge is -2.11. The Morgan fingerprint density at radius 2 is 1.71 bits per heavy atom. The van der Waals surface area contributed by atoms with Gasteiger partial charge in [0.15, 0.2) is 17.2 Å². The number of aromatic amines is 1. The summed E-state index contributed by atoms with van der Waals surface area (Å²) in [5.74, 6) is 0.442. The van der Waals surface area contributed by atoms with Crippen molar-refractivity contribution in [2.75, 3.05) is 7.11 Å². The number of ether oxygens (including phenoxy) is 2. The molecule has 3 aromatic carbocycles. The molecule has 0 saturated heterocycles. The molecule has 5 rings (SSSR count).